The van der Waals surface area contributed by atoms with Crippen LogP contribution in [0.3, 0.4) is 0 Å². The van der Waals surface area contributed by atoms with Gasteiger partial charge in [0.15, 0.2) is 11.7 Å². The van der Waals surface area contributed by atoms with Crippen molar-refractivity contribution in [3.63, 3.8) is 0 Å². The van der Waals surface area contributed by atoms with Gasteiger partial charge in [0.1, 0.15) is 10.6 Å². The van der Waals surface area contributed by atoms with Gasteiger partial charge in [0.2, 0.25) is 5.91 Å². The highest BCUT2D eigenvalue weighted by Crippen LogP contribution is 2.43. The Kier molecular flexibility index (Phi) is 7.07. The number of benzene rings is 1. The van der Waals surface area contributed by atoms with E-state index in [1.807, 2.05) is 0 Å². The van der Waals surface area contributed by atoms with E-state index in [0.29, 0.717) is 43.6 Å². The molecule has 0 radical (unpaired) electrons. The molecule has 3 atom stereocenters. The first-order valence-corrected chi connectivity index (χ1v) is 12.9. The van der Waals surface area contributed by atoms with E-state index in [9.17, 15) is 28.1 Å². The van der Waals surface area contributed by atoms with Crippen LogP contribution in [0.4, 0.5) is 9.18 Å². The van der Waals surface area contributed by atoms with Gasteiger partial charge in [0, 0.05) is 37.0 Å². The number of carbonyl (C=O) groups is 4. The zero-order chi connectivity index (χ0) is 25.5. The predicted molar refractivity (Wildman–Crippen MR) is 125 cm³/mol. The van der Waals surface area contributed by atoms with E-state index >= 15 is 0 Å². The van der Waals surface area contributed by atoms with Crippen LogP contribution in [-0.2, 0) is 42.4 Å². The summed E-state index contributed by atoms with van der Waals surface area (Å²) in [6.07, 6.45) is 1.04. The molecule has 1 aromatic rings. The van der Waals surface area contributed by atoms with Crippen molar-refractivity contribution in [1.82, 2.24) is 14.9 Å². The minimum Gasteiger partial charge on any atom is -0.598 e. The van der Waals surface area contributed by atoms with Crippen molar-refractivity contribution < 1.29 is 32.9 Å². The number of nitrogens with one attached hydrogen (secondary N) is 2. The summed E-state index contributed by atoms with van der Waals surface area (Å²) in [5.74, 6) is -4.69. The quantitative estimate of drug-likeness (QED) is 0.444. The summed E-state index contributed by atoms with van der Waals surface area (Å²) in [5, 5.41) is 2.14. The van der Waals surface area contributed by atoms with Gasteiger partial charge in [0.25, 0.3) is 5.91 Å². The second-order valence-electron chi connectivity index (χ2n) is 10.3. The predicted octanol–water partition coefficient (Wildman–Crippen LogP) is 1.85. The number of rotatable bonds is 6. The van der Waals surface area contributed by atoms with Crippen molar-refractivity contribution in [2.75, 3.05) is 13.2 Å². The third-order valence-electron chi connectivity index (χ3n) is 6.83. The van der Waals surface area contributed by atoms with Crippen LogP contribution in [0.1, 0.15) is 57.6 Å². The number of amides is 4. The summed E-state index contributed by atoms with van der Waals surface area (Å²) in [6.45, 7) is 6.03. The van der Waals surface area contributed by atoms with Gasteiger partial charge < -0.3 is 9.29 Å². The Morgan fingerprint density at radius 1 is 1.29 bits per heavy atom. The fourth-order valence-corrected chi connectivity index (χ4v) is 5.90. The lowest BCUT2D eigenvalue weighted by atomic mass is 9.83. The number of Topliss-reactive ketones (excluding diaryl/α,β-unsaturated/α-hetero) is 1. The first-order valence-electron chi connectivity index (χ1n) is 11.7. The highest BCUT2D eigenvalue weighted by molar-refractivity contribution is 7.90. The summed E-state index contributed by atoms with van der Waals surface area (Å²) < 4.78 is 35.3. The largest absolute Gasteiger partial charge is 0.598 e. The van der Waals surface area contributed by atoms with E-state index in [-0.39, 0.29) is 12.8 Å². The second-order valence-corrected chi connectivity index (χ2v) is 12.2. The number of ether oxygens (including phenoxy) is 1. The van der Waals surface area contributed by atoms with Crippen LogP contribution in [0.2, 0.25) is 0 Å². The Morgan fingerprint density at radius 2 is 1.97 bits per heavy atom. The van der Waals surface area contributed by atoms with Gasteiger partial charge in [-0.2, -0.15) is 0 Å². The number of ketones is 1. The summed E-state index contributed by atoms with van der Waals surface area (Å²) in [7, 11) is 0. The number of hydrogen-bond acceptors (Lipinski definition) is 7. The Balaban J connectivity index is 1.65. The van der Waals surface area contributed by atoms with E-state index in [0.717, 1.165) is 4.90 Å². The molecule has 4 amide bonds. The molecular weight excluding hydrogens is 477 g/mol. The Hall–Kier alpha value is -2.34. The Bertz CT molecular complexity index is 1050. The van der Waals surface area contributed by atoms with Gasteiger partial charge in [-0.3, -0.25) is 24.6 Å². The number of carbonyl (C=O) groups excluding carboxylic acids is 4. The molecule has 2 saturated heterocycles. The average Bonchev–Trinajstić information content (AvgIpc) is 3.12. The van der Waals surface area contributed by atoms with E-state index in [1.54, 1.807) is 26.8 Å². The summed E-state index contributed by atoms with van der Waals surface area (Å²) in [5.41, 5.74) is -0.320. The maximum Gasteiger partial charge on any atom is 0.331 e. The number of imide groups is 2. The second kappa shape index (κ2) is 9.61. The maximum absolute atomic E-state index is 14.6. The monoisotopic (exact) mass is 507 g/mol. The summed E-state index contributed by atoms with van der Waals surface area (Å²) in [6, 6.07) is 3.20. The van der Waals surface area contributed by atoms with Gasteiger partial charge >= 0.3 is 6.03 Å². The average molecular weight is 508 g/mol. The zero-order valence-corrected chi connectivity index (χ0v) is 20.8. The molecule has 2 fully saturated rings. The molecule has 0 spiro atoms. The van der Waals surface area contributed by atoms with Crippen molar-refractivity contribution in [2.24, 2.45) is 5.92 Å². The molecular formula is C24H30FN3O6S. The van der Waals surface area contributed by atoms with E-state index < -0.39 is 63.1 Å². The highest BCUT2D eigenvalue weighted by atomic mass is 32.2. The van der Waals surface area contributed by atoms with Crippen LogP contribution in [0.15, 0.2) is 18.2 Å². The topological polar surface area (TPSA) is 128 Å². The van der Waals surface area contributed by atoms with Crippen molar-refractivity contribution >= 4 is 35.0 Å². The molecule has 0 aromatic heterocycles. The standard InChI is InChI=1S/C24H30FN3O6S/c1-23(2,3)35(33)27-24(10-7-15-16(24)5-4-6-17(15)25)13-18(29)19-20(30)26-22(32)28(21(19)31)14-8-11-34-12-9-14/h4-6,14,19,27H,7-13H2,1-3H3,(H,26,30,32)/t19-,24+,35-/m0/s1. The van der Waals surface area contributed by atoms with Crippen LogP contribution in [0.25, 0.3) is 0 Å². The molecule has 1 aliphatic carbocycles. The molecule has 0 bridgehead atoms. The molecule has 2 heterocycles. The van der Waals surface area contributed by atoms with Crippen LogP contribution in [0.5, 0.6) is 0 Å². The molecule has 3 aliphatic rings. The minimum absolute atomic E-state index is 0.266. The van der Waals surface area contributed by atoms with Crippen LogP contribution < -0.4 is 10.0 Å². The number of fused-ring (bicyclic) bond motifs is 1. The fourth-order valence-electron chi connectivity index (χ4n) is 4.95. The molecule has 2 aliphatic heterocycles. The van der Waals surface area contributed by atoms with Gasteiger partial charge in [-0.25, -0.2) is 9.18 Å². The number of barbiturate groups is 1. The molecule has 190 valence electrons. The Labute approximate surface area is 206 Å². The molecule has 2 N–H and O–H groups in total. The Morgan fingerprint density at radius 3 is 2.63 bits per heavy atom. The number of halogens is 1. The number of hydrogen-bond donors (Lipinski definition) is 2. The first kappa shape index (κ1) is 25.7. The highest BCUT2D eigenvalue weighted by Gasteiger charge is 2.52. The molecule has 9 nitrogen and oxygen atoms in total. The number of nitrogens with zero attached hydrogens (tertiary/aromatic N) is 1. The molecule has 1 aromatic carbocycles. The molecule has 0 unspecified atom stereocenters. The lowest BCUT2D eigenvalue weighted by Crippen LogP contribution is -2.63. The van der Waals surface area contributed by atoms with Gasteiger partial charge in [-0.1, -0.05) is 12.1 Å². The van der Waals surface area contributed by atoms with Crippen LogP contribution in [0, 0.1) is 11.7 Å². The van der Waals surface area contributed by atoms with Crippen LogP contribution >= 0.6 is 0 Å². The van der Waals surface area contributed by atoms with E-state index in [4.69, 9.17) is 4.74 Å². The van der Waals surface area contributed by atoms with Gasteiger partial charge in [-0.05, 0) is 63.6 Å². The maximum atomic E-state index is 14.6. The molecule has 4 rings (SSSR count). The smallest absolute Gasteiger partial charge is 0.331 e. The van der Waals surface area contributed by atoms with Gasteiger partial charge in [-0.15, -0.1) is 4.72 Å². The summed E-state index contributed by atoms with van der Waals surface area (Å²) >= 11 is -1.62. The van der Waals surface area contributed by atoms with Crippen molar-refractivity contribution in [3.05, 3.63) is 35.1 Å². The summed E-state index contributed by atoms with van der Waals surface area (Å²) in [4.78, 5) is 53.0. The fraction of sp³-hybridized carbons (Fsp3) is 0.583. The van der Waals surface area contributed by atoms with Crippen molar-refractivity contribution in [2.45, 2.75) is 69.2 Å². The van der Waals surface area contributed by atoms with Crippen molar-refractivity contribution in [1.29, 1.82) is 0 Å². The van der Waals surface area contributed by atoms with E-state index in [2.05, 4.69) is 10.0 Å². The molecule has 11 heteroatoms. The van der Waals surface area contributed by atoms with Gasteiger partial charge in [0.05, 0.1) is 5.54 Å². The lowest BCUT2D eigenvalue weighted by molar-refractivity contribution is -0.150. The lowest BCUT2D eigenvalue weighted by Gasteiger charge is -2.38. The van der Waals surface area contributed by atoms with Crippen molar-refractivity contribution in [3.8, 4) is 0 Å². The van der Waals surface area contributed by atoms with Crippen LogP contribution in [-0.4, -0.2) is 57.1 Å². The minimum atomic E-state index is -1.71. The zero-order valence-electron chi connectivity index (χ0n) is 20.0. The van der Waals surface area contributed by atoms with E-state index in [1.165, 1.54) is 12.1 Å². The number of urea groups is 1. The third-order valence-corrected chi connectivity index (χ3v) is 8.52. The molecule has 0 saturated carbocycles. The normalized spacial score (nSPS) is 26.5. The SMILES string of the molecule is CC(C)(C)[S@+]([O-])N[C@@]1(CC(=O)[C@H]2C(=O)NC(=O)N(C3CCOCC3)C2=O)CCc2c(F)cccc21. The first-order chi connectivity index (χ1) is 16.4. The third kappa shape index (κ3) is 4.87. The molecule has 35 heavy (non-hydrogen) atoms.